The Morgan fingerprint density at radius 2 is 1.67 bits per heavy atom. The van der Waals surface area contributed by atoms with E-state index in [4.69, 9.17) is 9.47 Å². The van der Waals surface area contributed by atoms with Gasteiger partial charge < -0.3 is 14.4 Å². The van der Waals surface area contributed by atoms with Crippen molar-refractivity contribution >= 4 is 17.4 Å². The highest BCUT2D eigenvalue weighted by atomic mass is 16.5. The number of Topliss-reactive ketones (excluding diaryl/α,β-unsaturated/α-hetero) is 1. The van der Waals surface area contributed by atoms with Crippen LogP contribution in [0, 0.1) is 0 Å². The van der Waals surface area contributed by atoms with Crippen LogP contribution < -0.4 is 9.47 Å². The number of nitrogens with zero attached hydrogens (tertiary/aromatic N) is 1. The van der Waals surface area contributed by atoms with Gasteiger partial charge in [-0.2, -0.15) is 0 Å². The molecule has 0 spiro atoms. The number of rotatable bonds is 4. The minimum Gasteiger partial charge on any atom is -0.493 e. The summed E-state index contributed by atoms with van der Waals surface area (Å²) in [6, 6.07) is 13.1. The molecular formula is C22H21NO4. The Balaban J connectivity index is 1.92. The molecule has 2 aromatic rings. The summed E-state index contributed by atoms with van der Waals surface area (Å²) in [4.78, 5) is 27.5. The summed E-state index contributed by atoms with van der Waals surface area (Å²) in [5.41, 5.74) is 4.00. The second kappa shape index (κ2) is 6.91. The minimum absolute atomic E-state index is 0.0225. The molecule has 0 bridgehead atoms. The fraction of sp³-hybridized carbons (Fsp3) is 0.273. The summed E-state index contributed by atoms with van der Waals surface area (Å²) in [5, 5.41) is 0. The number of hydrogen-bond acceptors (Lipinski definition) is 4. The van der Waals surface area contributed by atoms with Gasteiger partial charge in [0.05, 0.1) is 19.9 Å². The highest BCUT2D eigenvalue weighted by molar-refractivity contribution is 6.15. The standard InChI is InChI=1S/C22H21NO4/c1-26-18-12-15-10-11-23-20(24)9-8-16(21(23)17(15)13-19(18)27-2)22(25)14-6-4-3-5-7-14/h3-7,12-13H,8-11H2,1-2H3. The normalized spacial score (nSPS) is 15.9. The molecule has 0 N–H and O–H groups in total. The van der Waals surface area contributed by atoms with Crippen LogP contribution in [0.5, 0.6) is 11.5 Å². The van der Waals surface area contributed by atoms with E-state index >= 15 is 0 Å². The number of carbonyl (C=O) groups is 2. The van der Waals surface area contributed by atoms with E-state index < -0.39 is 0 Å². The molecule has 0 radical (unpaired) electrons. The van der Waals surface area contributed by atoms with Crippen molar-refractivity contribution in [1.29, 1.82) is 0 Å². The number of amides is 1. The first-order valence-electron chi connectivity index (χ1n) is 9.02. The van der Waals surface area contributed by atoms with Crippen molar-refractivity contribution in [2.75, 3.05) is 20.8 Å². The third-order valence-corrected chi connectivity index (χ3v) is 5.23. The van der Waals surface area contributed by atoms with Crippen LogP contribution in [0.1, 0.15) is 34.3 Å². The molecule has 2 heterocycles. The van der Waals surface area contributed by atoms with E-state index in [1.807, 2.05) is 42.5 Å². The van der Waals surface area contributed by atoms with Crippen molar-refractivity contribution in [1.82, 2.24) is 4.90 Å². The van der Waals surface area contributed by atoms with Crippen molar-refractivity contribution in [3.63, 3.8) is 0 Å². The minimum atomic E-state index is -0.0225. The molecular weight excluding hydrogens is 342 g/mol. The van der Waals surface area contributed by atoms with Gasteiger partial charge in [-0.25, -0.2) is 0 Å². The van der Waals surface area contributed by atoms with Crippen molar-refractivity contribution in [2.45, 2.75) is 19.3 Å². The zero-order valence-corrected chi connectivity index (χ0v) is 15.5. The summed E-state index contributed by atoms with van der Waals surface area (Å²) in [6.45, 7) is 0.572. The first kappa shape index (κ1) is 17.3. The Labute approximate surface area is 158 Å². The van der Waals surface area contributed by atoms with Crippen molar-refractivity contribution < 1.29 is 19.1 Å². The molecule has 2 aromatic carbocycles. The van der Waals surface area contributed by atoms with E-state index in [0.717, 1.165) is 23.2 Å². The van der Waals surface area contributed by atoms with Crippen LogP contribution in [0.25, 0.3) is 5.70 Å². The summed E-state index contributed by atoms with van der Waals surface area (Å²) in [5.74, 6) is 1.29. The van der Waals surface area contributed by atoms with E-state index in [1.165, 1.54) is 0 Å². The molecule has 0 saturated heterocycles. The van der Waals surface area contributed by atoms with Gasteiger partial charge in [0, 0.05) is 29.7 Å². The Morgan fingerprint density at radius 3 is 2.37 bits per heavy atom. The Bertz CT molecular complexity index is 946. The molecule has 1 amide bonds. The van der Waals surface area contributed by atoms with Crippen LogP contribution >= 0.6 is 0 Å². The highest BCUT2D eigenvalue weighted by Gasteiger charge is 2.35. The zero-order valence-electron chi connectivity index (χ0n) is 15.5. The molecule has 0 saturated carbocycles. The van der Waals surface area contributed by atoms with E-state index in [0.29, 0.717) is 42.0 Å². The molecule has 138 valence electrons. The lowest BCUT2D eigenvalue weighted by atomic mass is 9.86. The van der Waals surface area contributed by atoms with Crippen LogP contribution in [-0.4, -0.2) is 37.4 Å². The monoisotopic (exact) mass is 363 g/mol. The smallest absolute Gasteiger partial charge is 0.227 e. The summed E-state index contributed by atoms with van der Waals surface area (Å²) >= 11 is 0. The van der Waals surface area contributed by atoms with Crippen molar-refractivity contribution in [3.8, 4) is 11.5 Å². The van der Waals surface area contributed by atoms with Gasteiger partial charge in [-0.05, 0) is 30.5 Å². The molecule has 0 fully saturated rings. The molecule has 27 heavy (non-hydrogen) atoms. The van der Waals surface area contributed by atoms with Crippen LogP contribution in [0.3, 0.4) is 0 Å². The van der Waals surface area contributed by atoms with E-state index in [1.54, 1.807) is 19.1 Å². The molecule has 0 aromatic heterocycles. The topological polar surface area (TPSA) is 55.8 Å². The molecule has 4 rings (SSSR count). The van der Waals surface area contributed by atoms with Crippen molar-refractivity contribution in [2.24, 2.45) is 0 Å². The number of fused-ring (bicyclic) bond motifs is 3. The molecule has 0 atom stereocenters. The molecule has 2 aliphatic rings. The molecule has 0 aliphatic carbocycles. The zero-order chi connectivity index (χ0) is 19.0. The summed E-state index contributed by atoms with van der Waals surface area (Å²) in [6.07, 6.45) is 1.53. The second-order valence-corrected chi connectivity index (χ2v) is 6.68. The average Bonchev–Trinajstić information content (AvgIpc) is 2.73. The number of benzene rings is 2. The first-order chi connectivity index (χ1) is 13.1. The number of ketones is 1. The Kier molecular flexibility index (Phi) is 4.44. The lowest BCUT2D eigenvalue weighted by Gasteiger charge is -2.37. The van der Waals surface area contributed by atoms with Gasteiger partial charge in [0.2, 0.25) is 5.91 Å². The number of hydrogen-bond donors (Lipinski definition) is 0. The van der Waals surface area contributed by atoms with Gasteiger partial charge in [-0.1, -0.05) is 30.3 Å². The van der Waals surface area contributed by atoms with Gasteiger partial charge >= 0.3 is 0 Å². The maximum Gasteiger partial charge on any atom is 0.227 e. The Hall–Kier alpha value is -3.08. The van der Waals surface area contributed by atoms with Crippen molar-refractivity contribution in [3.05, 3.63) is 64.7 Å². The maximum atomic E-state index is 13.2. The van der Waals surface area contributed by atoms with Gasteiger partial charge in [-0.3, -0.25) is 9.59 Å². The third-order valence-electron chi connectivity index (χ3n) is 5.23. The van der Waals surface area contributed by atoms with Gasteiger partial charge in [0.25, 0.3) is 0 Å². The van der Waals surface area contributed by atoms with Gasteiger partial charge in [-0.15, -0.1) is 0 Å². The van der Waals surface area contributed by atoms with E-state index in [2.05, 4.69) is 0 Å². The third kappa shape index (κ3) is 2.89. The lowest BCUT2D eigenvalue weighted by Crippen LogP contribution is -2.39. The van der Waals surface area contributed by atoms with Crippen LogP contribution in [0.2, 0.25) is 0 Å². The number of methoxy groups -OCH3 is 2. The van der Waals surface area contributed by atoms with Gasteiger partial charge in [0.1, 0.15) is 0 Å². The fourth-order valence-corrected chi connectivity index (χ4v) is 3.88. The van der Waals surface area contributed by atoms with E-state index in [9.17, 15) is 9.59 Å². The van der Waals surface area contributed by atoms with Crippen LogP contribution in [0.15, 0.2) is 48.0 Å². The van der Waals surface area contributed by atoms with E-state index in [-0.39, 0.29) is 11.7 Å². The number of carbonyl (C=O) groups excluding carboxylic acids is 2. The lowest BCUT2D eigenvalue weighted by molar-refractivity contribution is -0.128. The average molecular weight is 363 g/mol. The summed E-state index contributed by atoms with van der Waals surface area (Å²) < 4.78 is 10.9. The fourth-order valence-electron chi connectivity index (χ4n) is 3.88. The van der Waals surface area contributed by atoms with Crippen LogP contribution in [-0.2, 0) is 11.2 Å². The number of ether oxygens (including phenoxy) is 2. The van der Waals surface area contributed by atoms with Gasteiger partial charge in [0.15, 0.2) is 17.3 Å². The highest BCUT2D eigenvalue weighted by Crippen LogP contribution is 2.42. The predicted molar refractivity (Wildman–Crippen MR) is 102 cm³/mol. The predicted octanol–water partition coefficient (Wildman–Crippen LogP) is 3.48. The maximum absolute atomic E-state index is 13.2. The second-order valence-electron chi connectivity index (χ2n) is 6.68. The van der Waals surface area contributed by atoms with Crippen LogP contribution in [0.4, 0.5) is 0 Å². The summed E-state index contributed by atoms with van der Waals surface area (Å²) in [7, 11) is 3.19. The molecule has 0 unspecified atom stereocenters. The molecule has 2 aliphatic heterocycles. The number of allylic oxidation sites excluding steroid dienone is 1. The quantitative estimate of drug-likeness (QED) is 0.781. The largest absolute Gasteiger partial charge is 0.493 e. The molecule has 5 nitrogen and oxygen atoms in total. The molecule has 5 heteroatoms. The first-order valence-corrected chi connectivity index (χ1v) is 9.02. The Morgan fingerprint density at radius 1 is 0.963 bits per heavy atom. The SMILES string of the molecule is COc1cc2c(cc1OC)C1=C(C(=O)c3ccccc3)CCC(=O)N1CC2.